The fourth-order valence-electron chi connectivity index (χ4n) is 2.84. The van der Waals surface area contributed by atoms with Gasteiger partial charge in [0, 0.05) is 18.6 Å². The Morgan fingerprint density at radius 3 is 2.34 bits per heavy atom. The lowest BCUT2D eigenvalue weighted by molar-refractivity contribution is 0.0592. The molecule has 170 valence electrons. The van der Waals surface area contributed by atoms with Gasteiger partial charge in [0.15, 0.2) is 11.5 Å². The van der Waals surface area contributed by atoms with Crippen molar-refractivity contribution in [3.8, 4) is 5.75 Å². The van der Waals surface area contributed by atoms with Crippen molar-refractivity contribution in [2.45, 2.75) is 18.7 Å². The first-order valence-corrected chi connectivity index (χ1v) is 12.4. The van der Waals surface area contributed by atoms with Crippen LogP contribution in [0.15, 0.2) is 47.5 Å². The highest BCUT2D eigenvalue weighted by Crippen LogP contribution is 2.36. The number of aromatic nitrogens is 2. The maximum atomic E-state index is 12.9. The molecule has 0 spiro atoms. The summed E-state index contributed by atoms with van der Waals surface area (Å²) in [4.78, 5) is 20.6. The van der Waals surface area contributed by atoms with E-state index in [0.717, 1.165) is 17.0 Å². The highest BCUT2D eigenvalue weighted by Gasteiger charge is 2.30. The van der Waals surface area contributed by atoms with Crippen LogP contribution in [0.3, 0.4) is 0 Å². The van der Waals surface area contributed by atoms with Gasteiger partial charge >= 0.3 is 16.1 Å². The van der Waals surface area contributed by atoms with Crippen molar-refractivity contribution in [3.05, 3.63) is 53.9 Å². The average Bonchev–Trinajstić information content (AvgIpc) is 2.78. The number of fused-ring (bicyclic) bond motifs is 1. The summed E-state index contributed by atoms with van der Waals surface area (Å²) in [6.07, 6.45) is 1.35. The number of aryl methyl sites for hydroxylation is 1. The largest absolute Gasteiger partial charge is 0.464 e. The first-order valence-electron chi connectivity index (χ1n) is 9.36. The zero-order valence-corrected chi connectivity index (χ0v) is 19.4. The van der Waals surface area contributed by atoms with Crippen molar-refractivity contribution >= 4 is 42.8 Å². The van der Waals surface area contributed by atoms with Crippen LogP contribution in [0.25, 0.3) is 10.9 Å². The number of esters is 1. The molecule has 3 aromatic rings. The molecule has 0 fully saturated rings. The lowest BCUT2D eigenvalue weighted by atomic mass is 10.2. The SMILES string of the molecule is CCS(=O)(=O)N(C)c1nc(C(=O)OC)c(OS(=O)(=O)c2ccc(C)cc2)c2ncccc12. The Labute approximate surface area is 186 Å². The number of pyridine rings is 2. The number of ether oxygens (including phenoxy) is 1. The Bertz CT molecular complexity index is 1390. The maximum absolute atomic E-state index is 12.9. The standard InChI is InChI=1S/C20H21N3O7S2/c1-5-31(25,26)23(3)19-15-7-6-12-21-16(15)18(17(22-19)20(24)29-4)30-32(27,28)14-10-8-13(2)9-11-14/h6-12H,5H2,1-4H3. The molecule has 0 radical (unpaired) electrons. The molecule has 0 saturated heterocycles. The summed E-state index contributed by atoms with van der Waals surface area (Å²) in [6.45, 7) is 3.26. The van der Waals surface area contributed by atoms with Crippen LogP contribution >= 0.6 is 0 Å². The second kappa shape index (κ2) is 8.71. The number of hydrogen-bond acceptors (Lipinski definition) is 9. The molecule has 32 heavy (non-hydrogen) atoms. The summed E-state index contributed by atoms with van der Waals surface area (Å²) in [5.41, 5.74) is 0.256. The number of benzene rings is 1. The minimum absolute atomic E-state index is 0.0632. The van der Waals surface area contributed by atoms with E-state index in [-0.39, 0.29) is 27.4 Å². The van der Waals surface area contributed by atoms with E-state index in [1.165, 1.54) is 44.4 Å². The van der Waals surface area contributed by atoms with Crippen LogP contribution in [0.4, 0.5) is 5.82 Å². The summed E-state index contributed by atoms with van der Waals surface area (Å²) in [5.74, 6) is -1.81. The van der Waals surface area contributed by atoms with Crippen LogP contribution in [0.2, 0.25) is 0 Å². The van der Waals surface area contributed by atoms with Crippen LogP contribution in [-0.2, 0) is 24.9 Å². The Morgan fingerprint density at radius 1 is 1.09 bits per heavy atom. The number of hydrogen-bond donors (Lipinski definition) is 0. The van der Waals surface area contributed by atoms with Gasteiger partial charge in [-0.15, -0.1) is 0 Å². The van der Waals surface area contributed by atoms with Crippen LogP contribution in [-0.4, -0.2) is 52.7 Å². The van der Waals surface area contributed by atoms with Gasteiger partial charge < -0.3 is 8.92 Å². The van der Waals surface area contributed by atoms with Gasteiger partial charge in [-0.3, -0.25) is 9.29 Å². The zero-order valence-electron chi connectivity index (χ0n) is 17.8. The molecule has 0 aliphatic carbocycles. The Balaban J connectivity index is 2.30. The van der Waals surface area contributed by atoms with Gasteiger partial charge in [-0.25, -0.2) is 18.2 Å². The predicted octanol–water partition coefficient (Wildman–Crippen LogP) is 2.28. The van der Waals surface area contributed by atoms with E-state index >= 15 is 0 Å². The van der Waals surface area contributed by atoms with Crippen LogP contribution < -0.4 is 8.49 Å². The second-order valence-electron chi connectivity index (χ2n) is 6.72. The van der Waals surface area contributed by atoms with E-state index in [1.54, 1.807) is 19.1 Å². The molecule has 10 nitrogen and oxygen atoms in total. The molecular formula is C20H21N3O7S2. The molecule has 0 saturated carbocycles. The highest BCUT2D eigenvalue weighted by molar-refractivity contribution is 7.92. The quantitative estimate of drug-likeness (QED) is 0.370. The van der Waals surface area contributed by atoms with Gasteiger partial charge in [0.25, 0.3) is 0 Å². The van der Waals surface area contributed by atoms with E-state index < -0.39 is 37.6 Å². The molecule has 2 aromatic heterocycles. The van der Waals surface area contributed by atoms with E-state index in [9.17, 15) is 21.6 Å². The summed E-state index contributed by atoms with van der Waals surface area (Å²) in [6, 6.07) is 8.94. The molecule has 0 atom stereocenters. The number of carbonyl (C=O) groups excluding carboxylic acids is 1. The molecule has 2 heterocycles. The molecule has 12 heteroatoms. The Hall–Kier alpha value is -3.25. The second-order valence-corrected chi connectivity index (χ2v) is 10.6. The van der Waals surface area contributed by atoms with Crippen molar-refractivity contribution in [1.29, 1.82) is 0 Å². The molecule has 0 N–H and O–H groups in total. The zero-order chi connectivity index (χ0) is 23.7. The van der Waals surface area contributed by atoms with Crippen molar-refractivity contribution in [1.82, 2.24) is 9.97 Å². The third-order valence-electron chi connectivity index (χ3n) is 4.66. The summed E-state index contributed by atoms with van der Waals surface area (Å²) >= 11 is 0. The first-order chi connectivity index (χ1) is 15.0. The summed E-state index contributed by atoms with van der Waals surface area (Å²) in [5, 5.41) is 0.175. The Kier molecular flexibility index (Phi) is 6.37. The number of anilines is 1. The third kappa shape index (κ3) is 4.36. The van der Waals surface area contributed by atoms with Crippen LogP contribution in [0.1, 0.15) is 23.0 Å². The van der Waals surface area contributed by atoms with Gasteiger partial charge in [-0.1, -0.05) is 17.7 Å². The van der Waals surface area contributed by atoms with E-state index in [2.05, 4.69) is 9.97 Å². The highest BCUT2D eigenvalue weighted by atomic mass is 32.2. The third-order valence-corrected chi connectivity index (χ3v) is 7.63. The van der Waals surface area contributed by atoms with E-state index in [1.807, 2.05) is 0 Å². The van der Waals surface area contributed by atoms with Gasteiger partial charge in [-0.05, 0) is 38.1 Å². The van der Waals surface area contributed by atoms with Crippen molar-refractivity contribution < 1.29 is 30.6 Å². The molecule has 0 aliphatic heterocycles. The van der Waals surface area contributed by atoms with E-state index in [0.29, 0.717) is 0 Å². The minimum Gasteiger partial charge on any atom is -0.464 e. The van der Waals surface area contributed by atoms with E-state index in [4.69, 9.17) is 8.92 Å². The van der Waals surface area contributed by atoms with Crippen molar-refractivity contribution in [2.24, 2.45) is 0 Å². The van der Waals surface area contributed by atoms with Crippen molar-refractivity contribution in [3.63, 3.8) is 0 Å². The number of nitrogens with zero attached hydrogens (tertiary/aromatic N) is 3. The van der Waals surface area contributed by atoms with Gasteiger partial charge in [-0.2, -0.15) is 8.42 Å². The number of rotatable bonds is 7. The monoisotopic (exact) mass is 479 g/mol. The summed E-state index contributed by atoms with van der Waals surface area (Å²) < 4.78 is 61.7. The summed E-state index contributed by atoms with van der Waals surface area (Å²) in [7, 11) is -5.77. The number of methoxy groups -OCH3 is 1. The normalized spacial score (nSPS) is 11.9. The average molecular weight is 480 g/mol. The van der Waals surface area contributed by atoms with Crippen molar-refractivity contribution in [2.75, 3.05) is 24.2 Å². The van der Waals surface area contributed by atoms with Gasteiger partial charge in [0.2, 0.25) is 15.8 Å². The molecule has 0 bridgehead atoms. The molecule has 3 rings (SSSR count). The lowest BCUT2D eigenvalue weighted by Crippen LogP contribution is -2.30. The minimum atomic E-state index is -4.37. The smallest absolute Gasteiger partial charge is 0.360 e. The predicted molar refractivity (Wildman–Crippen MR) is 118 cm³/mol. The van der Waals surface area contributed by atoms with Gasteiger partial charge in [0.05, 0.1) is 12.9 Å². The van der Waals surface area contributed by atoms with Crippen LogP contribution in [0.5, 0.6) is 5.75 Å². The Morgan fingerprint density at radius 2 is 1.75 bits per heavy atom. The molecule has 1 aromatic carbocycles. The fourth-order valence-corrected chi connectivity index (χ4v) is 4.57. The topological polar surface area (TPSA) is 133 Å². The molecule has 0 aliphatic rings. The number of carbonyl (C=O) groups is 1. The molecular weight excluding hydrogens is 458 g/mol. The van der Waals surface area contributed by atoms with Gasteiger partial charge in [0.1, 0.15) is 10.4 Å². The lowest BCUT2D eigenvalue weighted by Gasteiger charge is -2.21. The first kappa shape index (κ1) is 23.4. The molecule has 0 amide bonds. The molecule has 0 unspecified atom stereocenters. The maximum Gasteiger partial charge on any atom is 0.360 e. The van der Waals surface area contributed by atoms with Crippen LogP contribution in [0, 0.1) is 6.92 Å². The fraction of sp³-hybridized carbons (Fsp3) is 0.250. The number of sulfonamides is 1.